The van der Waals surface area contributed by atoms with Crippen LogP contribution in [0.2, 0.25) is 0 Å². The number of nitrogens with two attached hydrogens (primary N) is 2. The Morgan fingerprint density at radius 2 is 1.46 bits per heavy atom. The first-order valence-electron chi connectivity index (χ1n) is 5.08. The Hall–Kier alpha value is -0.600. The Morgan fingerprint density at radius 1 is 0.923 bits per heavy atom. The molecule has 0 unspecified atom stereocenters. The summed E-state index contributed by atoms with van der Waals surface area (Å²) in [6.07, 6.45) is 13.9. The molecule has 0 amide bonds. The molecule has 0 spiro atoms. The van der Waals surface area contributed by atoms with E-state index < -0.39 is 0 Å². The highest BCUT2D eigenvalue weighted by atomic mass is 14.8. The summed E-state index contributed by atoms with van der Waals surface area (Å²) >= 11 is 0. The number of unbranched alkanes of at least 4 members (excludes halogenated alkanes) is 2. The van der Waals surface area contributed by atoms with Gasteiger partial charge in [0.25, 0.3) is 0 Å². The van der Waals surface area contributed by atoms with Crippen molar-refractivity contribution < 1.29 is 0 Å². The molecule has 0 fully saturated rings. The molecule has 0 aromatic rings. The molecular formula is C11H22N2. The Morgan fingerprint density at radius 3 is 2.00 bits per heavy atom. The fraction of sp³-hybridized carbons (Fsp3) is 0.636. The van der Waals surface area contributed by atoms with E-state index in [4.69, 9.17) is 11.5 Å². The maximum Gasteiger partial charge on any atom is 0.0556 e. The summed E-state index contributed by atoms with van der Waals surface area (Å²) in [4.78, 5) is 0. The average Bonchev–Trinajstić information content (AvgIpc) is 2.09. The molecule has 0 aliphatic rings. The topological polar surface area (TPSA) is 52.0 Å². The van der Waals surface area contributed by atoms with Crippen LogP contribution in [0.1, 0.15) is 39.0 Å². The van der Waals surface area contributed by atoms with Crippen LogP contribution < -0.4 is 11.5 Å². The average molecular weight is 182 g/mol. The minimum atomic E-state index is -0.202. The number of hydrogen-bond donors (Lipinski definition) is 2. The summed E-state index contributed by atoms with van der Waals surface area (Å²) < 4.78 is 0. The molecule has 0 aliphatic heterocycles. The molecule has 0 aliphatic carbocycles. The fourth-order valence-corrected chi connectivity index (χ4v) is 0.966. The second-order valence-electron chi connectivity index (χ2n) is 3.21. The van der Waals surface area contributed by atoms with Crippen LogP contribution in [0.25, 0.3) is 0 Å². The lowest BCUT2D eigenvalue weighted by Gasteiger charge is -1.97. The van der Waals surface area contributed by atoms with Crippen molar-refractivity contribution in [2.75, 3.05) is 0 Å². The van der Waals surface area contributed by atoms with Crippen LogP contribution in [0.15, 0.2) is 24.3 Å². The Balaban J connectivity index is 3.19. The van der Waals surface area contributed by atoms with Gasteiger partial charge < -0.3 is 11.5 Å². The molecule has 0 saturated carbocycles. The zero-order chi connectivity index (χ0) is 9.94. The van der Waals surface area contributed by atoms with Gasteiger partial charge in [-0.1, -0.05) is 37.6 Å². The standard InChI is InChI=1S/C11H22N2/c1-2-3-4-5-6-7-8-9-10-11(12)13/h4-5,8-9,11H,2-3,6-7,10,12-13H2,1H3. The molecule has 0 aromatic carbocycles. The van der Waals surface area contributed by atoms with Gasteiger partial charge in [-0.3, -0.25) is 0 Å². The lowest BCUT2D eigenvalue weighted by molar-refractivity contribution is 0.718. The van der Waals surface area contributed by atoms with E-state index in [1.165, 1.54) is 12.8 Å². The first-order valence-corrected chi connectivity index (χ1v) is 5.08. The van der Waals surface area contributed by atoms with Gasteiger partial charge in [-0.2, -0.15) is 0 Å². The predicted octanol–water partition coefficient (Wildman–Crippen LogP) is 2.31. The summed E-state index contributed by atoms with van der Waals surface area (Å²) in [5, 5.41) is 0. The van der Waals surface area contributed by atoms with E-state index in [-0.39, 0.29) is 6.17 Å². The largest absolute Gasteiger partial charge is 0.316 e. The van der Waals surface area contributed by atoms with Crippen molar-refractivity contribution in [3.05, 3.63) is 24.3 Å². The normalized spacial score (nSPS) is 12.3. The second-order valence-corrected chi connectivity index (χ2v) is 3.21. The van der Waals surface area contributed by atoms with E-state index in [2.05, 4.69) is 31.2 Å². The van der Waals surface area contributed by atoms with Crippen molar-refractivity contribution in [1.82, 2.24) is 0 Å². The van der Waals surface area contributed by atoms with Gasteiger partial charge >= 0.3 is 0 Å². The Labute approximate surface area is 81.7 Å². The molecule has 2 nitrogen and oxygen atoms in total. The molecule has 0 radical (unpaired) electrons. The van der Waals surface area contributed by atoms with Crippen molar-refractivity contribution in [2.45, 2.75) is 45.2 Å². The fourth-order valence-electron chi connectivity index (χ4n) is 0.966. The zero-order valence-electron chi connectivity index (χ0n) is 8.58. The minimum Gasteiger partial charge on any atom is -0.316 e. The molecule has 2 heteroatoms. The quantitative estimate of drug-likeness (QED) is 0.360. The van der Waals surface area contributed by atoms with E-state index in [9.17, 15) is 0 Å². The van der Waals surface area contributed by atoms with Gasteiger partial charge in [0.15, 0.2) is 0 Å². The Bertz CT molecular complexity index is 148. The van der Waals surface area contributed by atoms with Crippen molar-refractivity contribution in [2.24, 2.45) is 11.5 Å². The minimum absolute atomic E-state index is 0.202. The number of hydrogen-bond acceptors (Lipinski definition) is 2. The third-order valence-corrected chi connectivity index (χ3v) is 1.70. The predicted molar refractivity (Wildman–Crippen MR) is 59.2 cm³/mol. The van der Waals surface area contributed by atoms with Gasteiger partial charge in [-0.05, 0) is 25.7 Å². The van der Waals surface area contributed by atoms with E-state index in [0.717, 1.165) is 19.3 Å². The number of allylic oxidation sites excluding steroid dienone is 3. The van der Waals surface area contributed by atoms with Crippen molar-refractivity contribution in [3.8, 4) is 0 Å². The molecule has 13 heavy (non-hydrogen) atoms. The summed E-state index contributed by atoms with van der Waals surface area (Å²) in [7, 11) is 0. The molecule has 0 rings (SSSR count). The van der Waals surface area contributed by atoms with Crippen LogP contribution in [-0.4, -0.2) is 6.17 Å². The monoisotopic (exact) mass is 182 g/mol. The van der Waals surface area contributed by atoms with Crippen molar-refractivity contribution in [1.29, 1.82) is 0 Å². The van der Waals surface area contributed by atoms with E-state index in [0.29, 0.717) is 0 Å². The second kappa shape index (κ2) is 9.49. The van der Waals surface area contributed by atoms with Crippen LogP contribution in [0.5, 0.6) is 0 Å². The lowest BCUT2D eigenvalue weighted by Crippen LogP contribution is -2.29. The molecule has 0 atom stereocenters. The van der Waals surface area contributed by atoms with Crippen LogP contribution in [0.3, 0.4) is 0 Å². The molecular weight excluding hydrogens is 160 g/mol. The molecule has 4 N–H and O–H groups in total. The van der Waals surface area contributed by atoms with E-state index in [1.54, 1.807) is 0 Å². The highest BCUT2D eigenvalue weighted by Crippen LogP contribution is 1.97. The maximum absolute atomic E-state index is 5.39. The summed E-state index contributed by atoms with van der Waals surface area (Å²) in [6.45, 7) is 2.19. The zero-order valence-corrected chi connectivity index (χ0v) is 8.58. The van der Waals surface area contributed by atoms with Gasteiger partial charge in [-0.15, -0.1) is 0 Å². The highest BCUT2D eigenvalue weighted by molar-refractivity contribution is 4.88. The smallest absolute Gasteiger partial charge is 0.0556 e. The van der Waals surface area contributed by atoms with Crippen LogP contribution in [0, 0.1) is 0 Å². The molecule has 0 bridgehead atoms. The third-order valence-electron chi connectivity index (χ3n) is 1.70. The van der Waals surface area contributed by atoms with Gasteiger partial charge in [0.05, 0.1) is 6.17 Å². The van der Waals surface area contributed by atoms with Crippen molar-refractivity contribution in [3.63, 3.8) is 0 Å². The third kappa shape index (κ3) is 11.4. The summed E-state index contributed by atoms with van der Waals surface area (Å²) in [5.74, 6) is 0. The van der Waals surface area contributed by atoms with E-state index >= 15 is 0 Å². The van der Waals surface area contributed by atoms with Gasteiger partial charge in [0.2, 0.25) is 0 Å². The summed E-state index contributed by atoms with van der Waals surface area (Å²) in [6, 6.07) is 0. The lowest BCUT2D eigenvalue weighted by atomic mass is 10.2. The highest BCUT2D eigenvalue weighted by Gasteiger charge is 1.85. The maximum atomic E-state index is 5.39. The molecule has 0 heterocycles. The SMILES string of the molecule is CCCC=CCCC=CCC(N)N. The molecule has 0 saturated heterocycles. The summed E-state index contributed by atoms with van der Waals surface area (Å²) in [5.41, 5.74) is 10.8. The van der Waals surface area contributed by atoms with Gasteiger partial charge in [0, 0.05) is 0 Å². The number of rotatable bonds is 7. The van der Waals surface area contributed by atoms with Crippen molar-refractivity contribution >= 4 is 0 Å². The van der Waals surface area contributed by atoms with Crippen LogP contribution in [-0.2, 0) is 0 Å². The van der Waals surface area contributed by atoms with Gasteiger partial charge in [0.1, 0.15) is 0 Å². The molecule has 76 valence electrons. The van der Waals surface area contributed by atoms with Gasteiger partial charge in [-0.25, -0.2) is 0 Å². The van der Waals surface area contributed by atoms with Crippen LogP contribution >= 0.6 is 0 Å². The Kier molecular flexibility index (Phi) is 9.05. The first-order chi connectivity index (χ1) is 6.27. The van der Waals surface area contributed by atoms with E-state index in [1.807, 2.05) is 0 Å². The molecule has 0 aromatic heterocycles. The van der Waals surface area contributed by atoms with Crippen LogP contribution in [0.4, 0.5) is 0 Å². The first kappa shape index (κ1) is 12.4.